The van der Waals surface area contributed by atoms with Crippen molar-refractivity contribution in [1.29, 1.82) is 0 Å². The molecule has 0 atom stereocenters. The normalized spacial score (nSPS) is 15.5. The quantitative estimate of drug-likeness (QED) is 0.646. The van der Waals surface area contributed by atoms with Gasteiger partial charge in [0.05, 0.1) is 17.6 Å². The fraction of sp³-hybridized carbons (Fsp3) is 0.381. The number of halogens is 3. The van der Waals surface area contributed by atoms with Gasteiger partial charge in [0.15, 0.2) is 18.1 Å². The molecule has 174 valence electrons. The molecule has 0 radical (unpaired) electrons. The van der Waals surface area contributed by atoms with E-state index in [1.807, 2.05) is 13.0 Å². The molecule has 32 heavy (non-hydrogen) atoms. The largest absolute Gasteiger partial charge is 0.493 e. The molecule has 0 aromatic heterocycles. The maximum atomic E-state index is 12.9. The van der Waals surface area contributed by atoms with Crippen LogP contribution in [0.25, 0.3) is 0 Å². The predicted molar refractivity (Wildman–Crippen MR) is 110 cm³/mol. The SMILES string of the molecule is COc1cc(C)ccc1OCC(=O)N1CCN(S(=O)(=O)c2cccc(C(F)(F)F)c2)CC1. The number of piperazine rings is 1. The van der Waals surface area contributed by atoms with Gasteiger partial charge in [-0.2, -0.15) is 17.5 Å². The summed E-state index contributed by atoms with van der Waals surface area (Å²) in [7, 11) is -2.62. The highest BCUT2D eigenvalue weighted by Gasteiger charge is 2.34. The summed E-state index contributed by atoms with van der Waals surface area (Å²) < 4.78 is 76.2. The standard InChI is InChI=1S/C21H23F3N2O5S/c1-15-6-7-18(19(12-15)30-2)31-14-20(27)25-8-10-26(11-9-25)32(28,29)17-5-3-4-16(13-17)21(22,23)24/h3-7,12-13H,8-11,14H2,1-2H3. The third kappa shape index (κ3) is 5.33. The number of rotatable bonds is 6. The highest BCUT2D eigenvalue weighted by Crippen LogP contribution is 2.31. The zero-order valence-corrected chi connectivity index (χ0v) is 18.4. The van der Waals surface area contributed by atoms with Gasteiger partial charge < -0.3 is 14.4 Å². The Bertz CT molecular complexity index is 1080. The van der Waals surface area contributed by atoms with Crippen LogP contribution in [0.15, 0.2) is 47.4 Å². The lowest BCUT2D eigenvalue weighted by atomic mass is 10.2. The van der Waals surface area contributed by atoms with Crippen LogP contribution in [-0.2, 0) is 21.0 Å². The summed E-state index contributed by atoms with van der Waals surface area (Å²) in [5.74, 6) is 0.579. The second-order valence-electron chi connectivity index (χ2n) is 7.25. The third-order valence-corrected chi connectivity index (χ3v) is 6.96. The number of carbonyl (C=O) groups is 1. The van der Waals surface area contributed by atoms with Crippen molar-refractivity contribution in [2.75, 3.05) is 39.9 Å². The van der Waals surface area contributed by atoms with Crippen molar-refractivity contribution in [3.05, 3.63) is 53.6 Å². The van der Waals surface area contributed by atoms with Crippen LogP contribution >= 0.6 is 0 Å². The minimum Gasteiger partial charge on any atom is -0.493 e. The maximum absolute atomic E-state index is 12.9. The van der Waals surface area contributed by atoms with E-state index in [1.54, 1.807) is 12.1 Å². The zero-order valence-electron chi connectivity index (χ0n) is 17.6. The Hall–Kier alpha value is -2.79. The molecule has 3 rings (SSSR count). The maximum Gasteiger partial charge on any atom is 0.416 e. The monoisotopic (exact) mass is 472 g/mol. The summed E-state index contributed by atoms with van der Waals surface area (Å²) in [5, 5.41) is 0. The molecule has 1 aliphatic heterocycles. The summed E-state index contributed by atoms with van der Waals surface area (Å²) in [5.41, 5.74) is -0.0605. The van der Waals surface area contributed by atoms with Crippen LogP contribution < -0.4 is 9.47 Å². The van der Waals surface area contributed by atoms with Crippen molar-refractivity contribution < 1.29 is 35.9 Å². The molecule has 7 nitrogen and oxygen atoms in total. The van der Waals surface area contributed by atoms with E-state index >= 15 is 0 Å². The Kier molecular flexibility index (Phi) is 6.99. The average molecular weight is 472 g/mol. The van der Waals surface area contributed by atoms with Gasteiger partial charge in [-0.15, -0.1) is 0 Å². The number of nitrogens with zero attached hydrogens (tertiary/aromatic N) is 2. The highest BCUT2D eigenvalue weighted by atomic mass is 32.2. The van der Waals surface area contributed by atoms with Crippen LogP contribution in [0.4, 0.5) is 13.2 Å². The Balaban J connectivity index is 1.60. The van der Waals surface area contributed by atoms with Gasteiger partial charge in [0.2, 0.25) is 10.0 Å². The minimum absolute atomic E-state index is 0.0296. The molecule has 1 amide bonds. The van der Waals surface area contributed by atoms with Gasteiger partial charge in [-0.05, 0) is 42.8 Å². The first-order valence-electron chi connectivity index (χ1n) is 9.75. The van der Waals surface area contributed by atoms with Crippen LogP contribution in [0, 0.1) is 6.92 Å². The van der Waals surface area contributed by atoms with Crippen molar-refractivity contribution in [1.82, 2.24) is 9.21 Å². The zero-order chi connectivity index (χ0) is 23.5. The smallest absolute Gasteiger partial charge is 0.416 e. The highest BCUT2D eigenvalue weighted by molar-refractivity contribution is 7.89. The van der Waals surface area contributed by atoms with Crippen LogP contribution in [-0.4, -0.2) is 63.4 Å². The van der Waals surface area contributed by atoms with Crippen molar-refractivity contribution in [3.8, 4) is 11.5 Å². The molecule has 1 heterocycles. The van der Waals surface area contributed by atoms with Gasteiger partial charge in [-0.3, -0.25) is 4.79 Å². The molecule has 0 saturated carbocycles. The summed E-state index contributed by atoms with van der Waals surface area (Å²) in [6.45, 7) is 1.79. The van der Waals surface area contributed by atoms with Crippen molar-refractivity contribution in [3.63, 3.8) is 0 Å². The summed E-state index contributed by atoms with van der Waals surface area (Å²) in [6.07, 6.45) is -4.64. The molecule has 11 heteroatoms. The number of alkyl halides is 3. The molecule has 0 spiro atoms. The van der Waals surface area contributed by atoms with Crippen LogP contribution in [0.3, 0.4) is 0 Å². The fourth-order valence-corrected chi connectivity index (χ4v) is 4.75. The molecule has 2 aromatic carbocycles. The first kappa shape index (κ1) is 23.9. The second-order valence-corrected chi connectivity index (χ2v) is 9.19. The van der Waals surface area contributed by atoms with Crippen molar-refractivity contribution in [2.24, 2.45) is 0 Å². The van der Waals surface area contributed by atoms with Crippen molar-refractivity contribution >= 4 is 15.9 Å². The van der Waals surface area contributed by atoms with Crippen LogP contribution in [0.1, 0.15) is 11.1 Å². The predicted octanol–water partition coefficient (Wildman–Crippen LogP) is 2.93. The number of benzene rings is 2. The average Bonchev–Trinajstić information content (AvgIpc) is 2.77. The summed E-state index contributed by atoms with van der Waals surface area (Å²) in [6, 6.07) is 8.92. The van der Waals surface area contributed by atoms with Gasteiger partial charge in [-0.25, -0.2) is 8.42 Å². The van der Waals surface area contributed by atoms with Gasteiger partial charge in [0.25, 0.3) is 5.91 Å². The number of methoxy groups -OCH3 is 1. The van der Waals surface area contributed by atoms with Gasteiger partial charge in [0, 0.05) is 26.2 Å². The van der Waals surface area contributed by atoms with E-state index in [9.17, 15) is 26.4 Å². The van der Waals surface area contributed by atoms with E-state index in [2.05, 4.69) is 0 Å². The number of amides is 1. The number of aryl methyl sites for hydroxylation is 1. The third-order valence-electron chi connectivity index (χ3n) is 5.06. The molecule has 1 saturated heterocycles. The molecular weight excluding hydrogens is 449 g/mol. The lowest BCUT2D eigenvalue weighted by molar-refractivity contribution is -0.138. The Morgan fingerprint density at radius 2 is 1.72 bits per heavy atom. The molecule has 2 aromatic rings. The van der Waals surface area contributed by atoms with Crippen LogP contribution in [0.5, 0.6) is 11.5 Å². The minimum atomic E-state index is -4.64. The number of sulfonamides is 1. The Morgan fingerprint density at radius 1 is 1.03 bits per heavy atom. The van der Waals surface area contributed by atoms with Gasteiger partial charge >= 0.3 is 6.18 Å². The Labute approximate surface area is 184 Å². The van der Waals surface area contributed by atoms with E-state index in [1.165, 1.54) is 12.0 Å². The second kappa shape index (κ2) is 9.37. The molecule has 0 N–H and O–H groups in total. The van der Waals surface area contributed by atoms with Crippen molar-refractivity contribution in [2.45, 2.75) is 18.0 Å². The Morgan fingerprint density at radius 3 is 2.34 bits per heavy atom. The number of ether oxygens (including phenoxy) is 2. The lowest BCUT2D eigenvalue weighted by Gasteiger charge is -2.34. The first-order chi connectivity index (χ1) is 15.0. The molecule has 0 aliphatic carbocycles. The molecule has 0 unspecified atom stereocenters. The molecule has 1 fully saturated rings. The van der Waals surface area contributed by atoms with Crippen LogP contribution in [0.2, 0.25) is 0 Å². The number of carbonyl (C=O) groups excluding carboxylic acids is 1. The van der Waals surface area contributed by atoms with E-state index in [0.717, 1.165) is 28.1 Å². The van der Waals surface area contributed by atoms with E-state index in [0.29, 0.717) is 17.6 Å². The van der Waals surface area contributed by atoms with Gasteiger partial charge in [0.1, 0.15) is 0 Å². The summed E-state index contributed by atoms with van der Waals surface area (Å²) >= 11 is 0. The lowest BCUT2D eigenvalue weighted by Crippen LogP contribution is -2.51. The number of hydrogen-bond donors (Lipinski definition) is 0. The topological polar surface area (TPSA) is 76.2 Å². The van der Waals surface area contributed by atoms with E-state index in [-0.39, 0.29) is 38.7 Å². The van der Waals surface area contributed by atoms with E-state index in [4.69, 9.17) is 9.47 Å². The summed E-state index contributed by atoms with van der Waals surface area (Å²) in [4.78, 5) is 13.5. The number of hydrogen-bond acceptors (Lipinski definition) is 5. The van der Waals surface area contributed by atoms with E-state index < -0.39 is 26.7 Å². The van der Waals surface area contributed by atoms with Gasteiger partial charge in [-0.1, -0.05) is 12.1 Å². The molecule has 1 aliphatic rings. The molecule has 0 bridgehead atoms. The molecular formula is C21H23F3N2O5S. The fourth-order valence-electron chi connectivity index (χ4n) is 3.28. The first-order valence-corrected chi connectivity index (χ1v) is 11.2.